The van der Waals surface area contributed by atoms with Gasteiger partial charge in [0.1, 0.15) is 0 Å². The quantitative estimate of drug-likeness (QED) is 0.203. The molecule has 4 rings (SSSR count). The largest absolute Gasteiger partial charge is 0.504 e. The zero-order valence-electron chi connectivity index (χ0n) is 14.7. The number of phenols is 4. The van der Waals surface area contributed by atoms with E-state index in [4.69, 9.17) is 0 Å². The molecule has 1 heterocycles. The first-order valence-electron chi connectivity index (χ1n) is 8.43. The van der Waals surface area contributed by atoms with E-state index >= 15 is 0 Å². The van der Waals surface area contributed by atoms with Crippen LogP contribution >= 0.6 is 0 Å². The van der Waals surface area contributed by atoms with Crippen LogP contribution in [0.1, 0.15) is 20.7 Å². The molecule has 7 N–H and O–H groups in total. The molecule has 29 heavy (non-hydrogen) atoms. The molecule has 0 aliphatic carbocycles. The monoisotopic (exact) mass is 393 g/mol. The number of hydrogen-bond acceptors (Lipinski definition) is 8. The van der Waals surface area contributed by atoms with Crippen LogP contribution in [0, 0.1) is 0 Å². The highest BCUT2D eigenvalue weighted by molar-refractivity contribution is 6.22. The van der Waals surface area contributed by atoms with Crippen LogP contribution in [-0.2, 0) is 0 Å². The standard InChI is InChI=1S/C20H15N3O6/c24-15-3-1-9(5-17(15)26)21-13-7-11-12(20(29)23-19(11)28)8-14(13)22-10-2-4-16(25)18(27)6-10/h1-8,21-22,24-27H,(H,23,28,29). The number of phenolic OH excluding ortho intramolecular Hbond substituents is 4. The molecule has 146 valence electrons. The predicted octanol–water partition coefficient (Wildman–Crippen LogP) is 2.88. The van der Waals surface area contributed by atoms with Gasteiger partial charge in [-0.25, -0.2) is 0 Å². The maximum absolute atomic E-state index is 12.0. The summed E-state index contributed by atoms with van der Waals surface area (Å²) >= 11 is 0. The van der Waals surface area contributed by atoms with Crippen LogP contribution in [0.2, 0.25) is 0 Å². The number of fused-ring (bicyclic) bond motifs is 1. The number of anilines is 4. The minimum Gasteiger partial charge on any atom is -0.504 e. The first-order valence-corrected chi connectivity index (χ1v) is 8.43. The first kappa shape index (κ1) is 18.0. The van der Waals surface area contributed by atoms with E-state index in [9.17, 15) is 30.0 Å². The molecule has 9 heteroatoms. The molecular weight excluding hydrogens is 378 g/mol. The third-order valence-corrected chi connectivity index (χ3v) is 4.38. The first-order chi connectivity index (χ1) is 13.8. The number of nitrogens with one attached hydrogen (secondary N) is 3. The van der Waals surface area contributed by atoms with Gasteiger partial charge in [-0.1, -0.05) is 0 Å². The van der Waals surface area contributed by atoms with Crippen LogP contribution < -0.4 is 16.0 Å². The maximum Gasteiger partial charge on any atom is 0.259 e. The fraction of sp³-hybridized carbons (Fsp3) is 0. The molecule has 0 radical (unpaired) electrons. The minimum atomic E-state index is -0.532. The van der Waals surface area contributed by atoms with E-state index in [1.54, 1.807) is 0 Å². The summed E-state index contributed by atoms with van der Waals surface area (Å²) in [5.41, 5.74) is 1.99. The van der Waals surface area contributed by atoms with E-state index in [0.717, 1.165) is 0 Å². The highest BCUT2D eigenvalue weighted by Crippen LogP contribution is 2.37. The van der Waals surface area contributed by atoms with E-state index in [1.165, 1.54) is 48.5 Å². The van der Waals surface area contributed by atoms with Gasteiger partial charge in [-0.15, -0.1) is 0 Å². The second kappa shape index (κ2) is 6.64. The van der Waals surface area contributed by atoms with E-state index in [-0.39, 0.29) is 34.1 Å². The molecule has 0 spiro atoms. The smallest absolute Gasteiger partial charge is 0.259 e. The van der Waals surface area contributed by atoms with Gasteiger partial charge in [0.2, 0.25) is 0 Å². The summed E-state index contributed by atoms with van der Waals surface area (Å²) in [5.74, 6) is -2.30. The lowest BCUT2D eigenvalue weighted by Crippen LogP contribution is -2.19. The molecule has 0 atom stereocenters. The second-order valence-electron chi connectivity index (χ2n) is 6.38. The minimum absolute atomic E-state index is 0.180. The molecule has 0 fully saturated rings. The Hall–Kier alpha value is -4.40. The molecule has 1 aliphatic rings. The van der Waals surface area contributed by atoms with Crippen LogP contribution in [-0.4, -0.2) is 32.2 Å². The van der Waals surface area contributed by atoms with Crippen molar-refractivity contribution < 1.29 is 30.0 Å². The number of aromatic hydroxyl groups is 4. The van der Waals surface area contributed by atoms with E-state index in [2.05, 4.69) is 16.0 Å². The summed E-state index contributed by atoms with van der Waals surface area (Å²) in [5, 5.41) is 46.6. The van der Waals surface area contributed by atoms with Gasteiger partial charge in [0, 0.05) is 23.5 Å². The highest BCUT2D eigenvalue weighted by atomic mass is 16.3. The highest BCUT2D eigenvalue weighted by Gasteiger charge is 2.28. The lowest BCUT2D eigenvalue weighted by Gasteiger charge is -2.16. The molecular formula is C20H15N3O6. The van der Waals surface area contributed by atoms with Crippen molar-refractivity contribution in [3.05, 3.63) is 59.7 Å². The lowest BCUT2D eigenvalue weighted by molar-refractivity contribution is 0.0879. The molecule has 0 unspecified atom stereocenters. The average molecular weight is 393 g/mol. The summed E-state index contributed by atoms with van der Waals surface area (Å²) in [6, 6.07) is 11.2. The van der Waals surface area contributed by atoms with Crippen LogP contribution in [0.15, 0.2) is 48.5 Å². The van der Waals surface area contributed by atoms with Gasteiger partial charge in [-0.05, 0) is 36.4 Å². The van der Waals surface area contributed by atoms with Gasteiger partial charge in [0.15, 0.2) is 23.0 Å². The van der Waals surface area contributed by atoms with Crippen molar-refractivity contribution in [2.24, 2.45) is 0 Å². The Morgan fingerprint density at radius 3 is 1.38 bits per heavy atom. The number of hydrogen-bond donors (Lipinski definition) is 7. The fourth-order valence-corrected chi connectivity index (χ4v) is 2.93. The number of benzene rings is 3. The third kappa shape index (κ3) is 3.32. The molecule has 0 saturated heterocycles. The number of carbonyl (C=O) groups excluding carboxylic acids is 2. The van der Waals surface area contributed by atoms with Crippen LogP contribution in [0.4, 0.5) is 22.7 Å². The molecule has 2 amide bonds. The normalized spacial score (nSPS) is 12.4. The van der Waals surface area contributed by atoms with Crippen LogP contribution in [0.3, 0.4) is 0 Å². The Balaban J connectivity index is 1.78. The van der Waals surface area contributed by atoms with Crippen molar-refractivity contribution >= 4 is 34.6 Å². The van der Waals surface area contributed by atoms with Crippen molar-refractivity contribution in [1.82, 2.24) is 5.32 Å². The molecule has 1 aliphatic heterocycles. The fourth-order valence-electron chi connectivity index (χ4n) is 2.93. The zero-order chi connectivity index (χ0) is 20.7. The van der Waals surface area contributed by atoms with Crippen molar-refractivity contribution in [3.8, 4) is 23.0 Å². The Morgan fingerprint density at radius 1 is 0.586 bits per heavy atom. The van der Waals surface area contributed by atoms with Crippen molar-refractivity contribution in [2.45, 2.75) is 0 Å². The summed E-state index contributed by atoms with van der Waals surface area (Å²) in [4.78, 5) is 24.0. The Bertz CT molecular complexity index is 1080. The lowest BCUT2D eigenvalue weighted by atomic mass is 10.1. The molecule has 0 bridgehead atoms. The zero-order valence-corrected chi connectivity index (χ0v) is 14.7. The predicted molar refractivity (Wildman–Crippen MR) is 104 cm³/mol. The maximum atomic E-state index is 12.0. The van der Waals surface area contributed by atoms with Crippen molar-refractivity contribution in [1.29, 1.82) is 0 Å². The third-order valence-electron chi connectivity index (χ3n) is 4.38. The molecule has 0 saturated carbocycles. The van der Waals surface area contributed by atoms with Crippen molar-refractivity contribution in [2.75, 3.05) is 10.6 Å². The Kier molecular flexibility index (Phi) is 4.12. The van der Waals surface area contributed by atoms with Crippen molar-refractivity contribution in [3.63, 3.8) is 0 Å². The van der Waals surface area contributed by atoms with Gasteiger partial charge in [0.25, 0.3) is 11.8 Å². The SMILES string of the molecule is O=C1NC(=O)c2cc(Nc3ccc(O)c(O)c3)c(Nc3ccc(O)c(O)c3)cc21. The number of amides is 2. The molecule has 9 nitrogen and oxygen atoms in total. The average Bonchev–Trinajstić information content (AvgIpc) is 2.95. The topological polar surface area (TPSA) is 151 Å². The summed E-state index contributed by atoms with van der Waals surface area (Å²) < 4.78 is 0. The van der Waals surface area contributed by atoms with Gasteiger partial charge in [0.05, 0.1) is 22.5 Å². The number of imide groups is 1. The van der Waals surface area contributed by atoms with E-state index in [1.807, 2.05) is 0 Å². The van der Waals surface area contributed by atoms with E-state index < -0.39 is 11.8 Å². The van der Waals surface area contributed by atoms with Crippen LogP contribution in [0.25, 0.3) is 0 Å². The molecule has 0 aromatic heterocycles. The Labute approximate surface area is 163 Å². The molecule has 3 aromatic carbocycles. The van der Waals surface area contributed by atoms with Gasteiger partial charge in [-0.3, -0.25) is 14.9 Å². The van der Waals surface area contributed by atoms with Gasteiger partial charge >= 0.3 is 0 Å². The second-order valence-corrected chi connectivity index (χ2v) is 6.38. The van der Waals surface area contributed by atoms with Gasteiger partial charge in [-0.2, -0.15) is 0 Å². The molecule has 3 aromatic rings. The Morgan fingerprint density at radius 2 is 1.00 bits per heavy atom. The van der Waals surface area contributed by atoms with Crippen LogP contribution in [0.5, 0.6) is 23.0 Å². The summed E-state index contributed by atoms with van der Waals surface area (Å²) in [6.07, 6.45) is 0. The number of carbonyl (C=O) groups is 2. The number of rotatable bonds is 4. The van der Waals surface area contributed by atoms with E-state index in [0.29, 0.717) is 22.7 Å². The summed E-state index contributed by atoms with van der Waals surface area (Å²) in [6.45, 7) is 0. The summed E-state index contributed by atoms with van der Waals surface area (Å²) in [7, 11) is 0. The van der Waals surface area contributed by atoms with Gasteiger partial charge < -0.3 is 31.1 Å².